The topological polar surface area (TPSA) is 108 Å². The van der Waals surface area contributed by atoms with E-state index in [-0.39, 0.29) is 21.7 Å². The van der Waals surface area contributed by atoms with E-state index in [9.17, 15) is 17.6 Å². The molecule has 35 heavy (non-hydrogen) atoms. The van der Waals surface area contributed by atoms with Crippen LogP contribution in [0.15, 0.2) is 64.4 Å². The average molecular weight is 497 g/mol. The zero-order valence-electron chi connectivity index (χ0n) is 19.7. The zero-order chi connectivity index (χ0) is 25.5. The van der Waals surface area contributed by atoms with Gasteiger partial charge in [-0.1, -0.05) is 12.1 Å². The maximum absolute atomic E-state index is 14.1. The number of hydrogen-bond acceptors (Lipinski definition) is 7. The van der Waals surface area contributed by atoms with Crippen LogP contribution in [0.25, 0.3) is 22.0 Å². The van der Waals surface area contributed by atoms with Gasteiger partial charge in [0.2, 0.25) is 0 Å². The maximum Gasteiger partial charge on any atom is 0.258 e. The van der Waals surface area contributed by atoms with Crippen molar-refractivity contribution in [1.82, 2.24) is 9.55 Å². The first-order valence-corrected chi connectivity index (χ1v) is 12.5. The van der Waals surface area contributed by atoms with Gasteiger partial charge in [0, 0.05) is 55.7 Å². The molecule has 2 aromatic heterocycles. The number of methoxy groups -OCH3 is 1. The fraction of sp³-hybridized carbons (Fsp3) is 0.200. The number of fused-ring (bicyclic) bond motifs is 1. The molecule has 2 heterocycles. The summed E-state index contributed by atoms with van der Waals surface area (Å²) in [4.78, 5) is 19.5. The SMILES string of the molecule is COc1ccc(CN(C)c2cc3c(cn2)cc(-c2cc(N)c(F)cc2S(C)(=O)=O)c(=O)n3C)cc1. The summed E-state index contributed by atoms with van der Waals surface area (Å²) >= 11 is 0. The molecule has 0 aliphatic heterocycles. The maximum atomic E-state index is 14.1. The molecule has 8 nitrogen and oxygen atoms in total. The highest BCUT2D eigenvalue weighted by molar-refractivity contribution is 7.90. The molecule has 4 rings (SSSR count). The number of sulfone groups is 1. The van der Waals surface area contributed by atoms with Crippen molar-refractivity contribution in [3.63, 3.8) is 0 Å². The summed E-state index contributed by atoms with van der Waals surface area (Å²) < 4.78 is 45.3. The van der Waals surface area contributed by atoms with Crippen molar-refractivity contribution in [1.29, 1.82) is 0 Å². The van der Waals surface area contributed by atoms with Crippen molar-refractivity contribution in [2.24, 2.45) is 7.05 Å². The van der Waals surface area contributed by atoms with Crippen LogP contribution in [-0.4, -0.2) is 38.4 Å². The lowest BCUT2D eigenvalue weighted by Gasteiger charge is -2.20. The number of aromatic nitrogens is 2. The van der Waals surface area contributed by atoms with Gasteiger partial charge in [0.15, 0.2) is 9.84 Å². The smallest absolute Gasteiger partial charge is 0.258 e. The van der Waals surface area contributed by atoms with E-state index < -0.39 is 21.2 Å². The first-order chi connectivity index (χ1) is 16.5. The summed E-state index contributed by atoms with van der Waals surface area (Å²) in [6.45, 7) is 0.584. The molecule has 0 aliphatic rings. The lowest BCUT2D eigenvalue weighted by molar-refractivity contribution is 0.414. The predicted octanol–water partition coefficient (Wildman–Crippen LogP) is 3.37. The Morgan fingerprint density at radius 1 is 1.11 bits per heavy atom. The van der Waals surface area contributed by atoms with E-state index in [2.05, 4.69) is 4.98 Å². The Kier molecular flexibility index (Phi) is 6.25. The second kappa shape index (κ2) is 9.03. The molecule has 0 atom stereocenters. The van der Waals surface area contributed by atoms with Crippen LogP contribution in [0.3, 0.4) is 0 Å². The number of aryl methyl sites for hydroxylation is 1. The van der Waals surface area contributed by atoms with Crippen LogP contribution in [0.4, 0.5) is 15.9 Å². The summed E-state index contributed by atoms with van der Waals surface area (Å²) in [5, 5.41) is 0.617. The number of pyridine rings is 2. The molecular weight excluding hydrogens is 471 g/mol. The Morgan fingerprint density at radius 2 is 1.80 bits per heavy atom. The van der Waals surface area contributed by atoms with Crippen molar-refractivity contribution in [2.45, 2.75) is 11.4 Å². The highest BCUT2D eigenvalue weighted by atomic mass is 32.2. The molecule has 0 fully saturated rings. The molecule has 4 aromatic rings. The molecule has 0 bridgehead atoms. The first-order valence-electron chi connectivity index (χ1n) is 10.6. The average Bonchev–Trinajstić information content (AvgIpc) is 2.82. The molecule has 0 saturated carbocycles. The third kappa shape index (κ3) is 4.69. The van der Waals surface area contributed by atoms with E-state index in [1.54, 1.807) is 32.5 Å². The second-order valence-electron chi connectivity index (χ2n) is 8.37. The Hall–Kier alpha value is -3.92. The number of anilines is 2. The molecule has 10 heteroatoms. The van der Waals surface area contributed by atoms with Crippen LogP contribution in [-0.2, 0) is 23.4 Å². The largest absolute Gasteiger partial charge is 0.497 e. The summed E-state index contributed by atoms with van der Waals surface area (Å²) in [7, 11) is 1.27. The molecule has 0 unspecified atom stereocenters. The monoisotopic (exact) mass is 496 g/mol. The van der Waals surface area contributed by atoms with Crippen LogP contribution in [0.1, 0.15) is 5.56 Å². The minimum atomic E-state index is -3.83. The molecule has 0 aliphatic carbocycles. The van der Waals surface area contributed by atoms with Gasteiger partial charge in [-0.05, 0) is 35.9 Å². The normalized spacial score (nSPS) is 11.6. The fourth-order valence-corrected chi connectivity index (χ4v) is 4.82. The minimum Gasteiger partial charge on any atom is -0.497 e. The fourth-order valence-electron chi connectivity index (χ4n) is 3.93. The number of rotatable bonds is 6. The van der Waals surface area contributed by atoms with E-state index in [4.69, 9.17) is 10.5 Å². The molecule has 0 radical (unpaired) electrons. The number of nitrogens with zero attached hydrogens (tertiary/aromatic N) is 3. The van der Waals surface area contributed by atoms with Crippen molar-refractivity contribution in [2.75, 3.05) is 31.0 Å². The molecule has 182 valence electrons. The van der Waals surface area contributed by atoms with Crippen LogP contribution >= 0.6 is 0 Å². The zero-order valence-corrected chi connectivity index (χ0v) is 20.6. The van der Waals surface area contributed by atoms with Crippen LogP contribution < -0.4 is 20.9 Å². The number of ether oxygens (including phenoxy) is 1. The highest BCUT2D eigenvalue weighted by Gasteiger charge is 2.21. The highest BCUT2D eigenvalue weighted by Crippen LogP contribution is 2.31. The number of halogens is 1. The number of nitrogen functional groups attached to an aromatic ring is 1. The molecule has 0 saturated heterocycles. The lowest BCUT2D eigenvalue weighted by Crippen LogP contribution is -2.21. The third-order valence-electron chi connectivity index (χ3n) is 5.85. The van der Waals surface area contributed by atoms with Crippen LogP contribution in [0, 0.1) is 5.82 Å². The number of benzene rings is 2. The summed E-state index contributed by atoms with van der Waals surface area (Å²) in [6, 6.07) is 13.1. The van der Waals surface area contributed by atoms with E-state index in [0.717, 1.165) is 23.6 Å². The number of hydrogen-bond donors (Lipinski definition) is 1. The summed E-state index contributed by atoms with van der Waals surface area (Å²) in [5.74, 6) is 0.560. The van der Waals surface area contributed by atoms with Crippen LogP contribution in [0.2, 0.25) is 0 Å². The van der Waals surface area contributed by atoms with Gasteiger partial charge < -0.3 is 19.9 Å². The minimum absolute atomic E-state index is 0.0506. The van der Waals surface area contributed by atoms with E-state index in [1.165, 1.54) is 10.6 Å². The Bertz CT molecular complexity index is 1600. The predicted molar refractivity (Wildman–Crippen MR) is 135 cm³/mol. The molecule has 2 aromatic carbocycles. The van der Waals surface area contributed by atoms with Crippen LogP contribution in [0.5, 0.6) is 5.75 Å². The van der Waals surface area contributed by atoms with Crippen molar-refractivity contribution in [3.8, 4) is 16.9 Å². The van der Waals surface area contributed by atoms with Gasteiger partial charge in [-0.15, -0.1) is 0 Å². The quantitative estimate of drug-likeness (QED) is 0.408. The molecule has 0 spiro atoms. The Balaban J connectivity index is 1.79. The number of nitrogens with two attached hydrogens (primary N) is 1. The van der Waals surface area contributed by atoms with Gasteiger partial charge in [-0.3, -0.25) is 4.79 Å². The van der Waals surface area contributed by atoms with Crippen molar-refractivity contribution in [3.05, 3.63) is 76.5 Å². The van der Waals surface area contributed by atoms with E-state index in [1.807, 2.05) is 36.2 Å². The van der Waals surface area contributed by atoms with E-state index >= 15 is 0 Å². The third-order valence-corrected chi connectivity index (χ3v) is 6.99. The standard InChI is InChI=1S/C25H25FN4O4S/c1-29(14-15-5-7-17(34-3)8-6-15)24-12-22-16(13-28-24)9-19(25(31)30(22)2)18-10-21(27)20(26)11-23(18)35(4,32)33/h5-13H,14,27H2,1-4H3. The van der Waals surface area contributed by atoms with Gasteiger partial charge in [0.05, 0.1) is 23.2 Å². The van der Waals surface area contributed by atoms with Gasteiger partial charge in [-0.25, -0.2) is 17.8 Å². The van der Waals surface area contributed by atoms with Crippen molar-refractivity contribution < 1.29 is 17.5 Å². The van der Waals surface area contributed by atoms with Gasteiger partial charge in [0.1, 0.15) is 17.4 Å². The summed E-state index contributed by atoms with van der Waals surface area (Å²) in [5.41, 5.74) is 6.82. The summed E-state index contributed by atoms with van der Waals surface area (Å²) in [6.07, 6.45) is 2.57. The van der Waals surface area contributed by atoms with E-state index in [0.29, 0.717) is 23.3 Å². The second-order valence-corrected chi connectivity index (χ2v) is 10.4. The van der Waals surface area contributed by atoms with Gasteiger partial charge >= 0.3 is 0 Å². The van der Waals surface area contributed by atoms with Crippen molar-refractivity contribution >= 4 is 32.2 Å². The first kappa shape index (κ1) is 24.2. The molecular formula is C25H25FN4O4S. The lowest BCUT2D eigenvalue weighted by atomic mass is 10.0. The molecule has 0 amide bonds. The van der Waals surface area contributed by atoms with Gasteiger partial charge in [0.25, 0.3) is 5.56 Å². The van der Waals surface area contributed by atoms with Gasteiger partial charge in [-0.2, -0.15) is 0 Å². The molecule has 2 N–H and O–H groups in total. The Labute approximate surface area is 202 Å². The Morgan fingerprint density at radius 3 is 2.43 bits per heavy atom.